The highest BCUT2D eigenvalue weighted by Crippen LogP contribution is 1.99. The summed E-state index contributed by atoms with van der Waals surface area (Å²) < 4.78 is 0. The smallest absolute Gasteiger partial charge is 0.134 e. The van der Waals surface area contributed by atoms with Gasteiger partial charge in [-0.2, -0.15) is 0 Å². The molecule has 1 atom stereocenters. The molecule has 0 rings (SSSR count). The number of halogens is 1. The zero-order chi connectivity index (χ0) is 6.57. The predicted octanol–water partition coefficient (Wildman–Crippen LogP) is 0.982. The number of carbonyl (C=O) groups excluding carboxylic acids is 1. The minimum Gasteiger partial charge on any atom is -0.330 e. The largest absolute Gasteiger partial charge is 0.330 e. The molecular formula is C6H14ClNO. The molecule has 0 saturated heterocycles. The number of hydrogen-bond donors (Lipinski definition) is 1. The molecule has 2 N–H and O–H groups in total. The average Bonchev–Trinajstić information content (AvgIpc) is 1.69. The molecule has 56 valence electrons. The topological polar surface area (TPSA) is 43.1 Å². The molecule has 0 spiro atoms. The van der Waals surface area contributed by atoms with Crippen molar-refractivity contribution in [3.63, 3.8) is 0 Å². The maximum Gasteiger partial charge on any atom is 0.134 e. The van der Waals surface area contributed by atoms with E-state index in [9.17, 15) is 4.79 Å². The number of rotatable bonds is 3. The lowest BCUT2D eigenvalue weighted by Gasteiger charge is -2.04. The Kier molecular flexibility index (Phi) is 7.85. The van der Waals surface area contributed by atoms with Gasteiger partial charge in [0.1, 0.15) is 5.78 Å². The van der Waals surface area contributed by atoms with Gasteiger partial charge in [0.05, 0.1) is 0 Å². The van der Waals surface area contributed by atoms with Gasteiger partial charge in [-0.25, -0.2) is 0 Å². The van der Waals surface area contributed by atoms with Gasteiger partial charge in [0.25, 0.3) is 0 Å². The number of hydrogen-bond acceptors (Lipinski definition) is 2. The van der Waals surface area contributed by atoms with Crippen LogP contribution in [0.5, 0.6) is 0 Å². The normalized spacial score (nSPS) is 11.9. The monoisotopic (exact) mass is 151 g/mol. The second-order valence-corrected chi connectivity index (χ2v) is 1.95. The van der Waals surface area contributed by atoms with Crippen LogP contribution in [0.4, 0.5) is 0 Å². The summed E-state index contributed by atoms with van der Waals surface area (Å²) in [5.41, 5.74) is 5.26. The molecule has 0 aliphatic carbocycles. The maximum absolute atomic E-state index is 10.5. The van der Waals surface area contributed by atoms with Gasteiger partial charge in [0.2, 0.25) is 0 Å². The van der Waals surface area contributed by atoms with E-state index in [2.05, 4.69) is 0 Å². The van der Waals surface area contributed by atoms with Crippen LogP contribution in [0.15, 0.2) is 0 Å². The molecule has 0 saturated carbocycles. The summed E-state index contributed by atoms with van der Waals surface area (Å²) >= 11 is 0. The highest BCUT2D eigenvalue weighted by molar-refractivity contribution is 5.85. The lowest BCUT2D eigenvalue weighted by Crippen LogP contribution is -2.20. The number of Topliss-reactive ketones (excluding diaryl/α,β-unsaturated/α-hetero) is 1. The molecule has 3 heteroatoms. The van der Waals surface area contributed by atoms with Crippen molar-refractivity contribution in [1.82, 2.24) is 0 Å². The van der Waals surface area contributed by atoms with E-state index >= 15 is 0 Å². The summed E-state index contributed by atoms with van der Waals surface area (Å²) in [6.45, 7) is 4.05. The first-order valence-corrected chi connectivity index (χ1v) is 2.92. The molecule has 0 radical (unpaired) electrons. The molecule has 0 amide bonds. The van der Waals surface area contributed by atoms with Gasteiger partial charge in [-0.3, -0.25) is 4.79 Å². The summed E-state index contributed by atoms with van der Waals surface area (Å²) in [5.74, 6) is 0.296. The van der Waals surface area contributed by atoms with Crippen LogP contribution in [-0.4, -0.2) is 12.3 Å². The molecule has 0 aromatic heterocycles. The SMILES string of the molecule is CCC(CN)C(C)=O.Cl. The zero-order valence-corrected chi connectivity index (χ0v) is 6.70. The van der Waals surface area contributed by atoms with Gasteiger partial charge in [-0.1, -0.05) is 6.92 Å². The Hall–Kier alpha value is -0.0800. The highest BCUT2D eigenvalue weighted by Gasteiger charge is 2.06. The molecule has 0 aromatic carbocycles. The number of carbonyl (C=O) groups is 1. The van der Waals surface area contributed by atoms with Crippen LogP contribution in [0.3, 0.4) is 0 Å². The number of nitrogens with two attached hydrogens (primary N) is 1. The molecule has 1 unspecified atom stereocenters. The third kappa shape index (κ3) is 4.43. The van der Waals surface area contributed by atoms with Crippen molar-refractivity contribution in [3.05, 3.63) is 0 Å². The van der Waals surface area contributed by atoms with E-state index in [1.807, 2.05) is 6.92 Å². The second-order valence-electron chi connectivity index (χ2n) is 1.95. The van der Waals surface area contributed by atoms with Crippen LogP contribution in [0, 0.1) is 5.92 Å². The van der Waals surface area contributed by atoms with E-state index in [-0.39, 0.29) is 24.1 Å². The maximum atomic E-state index is 10.5. The molecule has 0 aliphatic rings. The van der Waals surface area contributed by atoms with Crippen molar-refractivity contribution < 1.29 is 4.79 Å². The predicted molar refractivity (Wildman–Crippen MR) is 40.8 cm³/mol. The van der Waals surface area contributed by atoms with Crippen molar-refractivity contribution in [3.8, 4) is 0 Å². The Bertz CT molecular complexity index is 81.1. The third-order valence-electron chi connectivity index (χ3n) is 1.35. The van der Waals surface area contributed by atoms with Crippen molar-refractivity contribution in [1.29, 1.82) is 0 Å². The first kappa shape index (κ1) is 11.7. The Balaban J connectivity index is 0. The summed E-state index contributed by atoms with van der Waals surface area (Å²) in [4.78, 5) is 10.5. The Morgan fingerprint density at radius 3 is 2.11 bits per heavy atom. The first-order chi connectivity index (χ1) is 3.72. The summed E-state index contributed by atoms with van der Waals surface area (Å²) in [5, 5.41) is 0. The highest BCUT2D eigenvalue weighted by atomic mass is 35.5. The molecule has 0 fully saturated rings. The van der Waals surface area contributed by atoms with Crippen molar-refractivity contribution in [2.45, 2.75) is 20.3 Å². The Labute approximate surface area is 62.2 Å². The third-order valence-corrected chi connectivity index (χ3v) is 1.35. The van der Waals surface area contributed by atoms with Gasteiger partial charge in [-0.15, -0.1) is 12.4 Å². The van der Waals surface area contributed by atoms with Crippen molar-refractivity contribution >= 4 is 18.2 Å². The molecule has 0 aromatic rings. The fraction of sp³-hybridized carbons (Fsp3) is 0.833. The van der Waals surface area contributed by atoms with E-state index in [1.165, 1.54) is 0 Å². The van der Waals surface area contributed by atoms with Crippen LogP contribution < -0.4 is 5.73 Å². The van der Waals surface area contributed by atoms with E-state index in [0.717, 1.165) is 6.42 Å². The summed E-state index contributed by atoms with van der Waals surface area (Å²) in [6.07, 6.45) is 0.867. The van der Waals surface area contributed by atoms with Gasteiger partial charge < -0.3 is 5.73 Å². The van der Waals surface area contributed by atoms with Gasteiger partial charge in [0, 0.05) is 12.5 Å². The fourth-order valence-corrected chi connectivity index (χ4v) is 0.620. The quantitative estimate of drug-likeness (QED) is 0.654. The van der Waals surface area contributed by atoms with Crippen LogP contribution in [0.1, 0.15) is 20.3 Å². The zero-order valence-electron chi connectivity index (χ0n) is 5.89. The summed E-state index contributed by atoms with van der Waals surface area (Å²) in [6, 6.07) is 0. The Morgan fingerprint density at radius 1 is 1.67 bits per heavy atom. The van der Waals surface area contributed by atoms with E-state index in [0.29, 0.717) is 6.54 Å². The van der Waals surface area contributed by atoms with Gasteiger partial charge >= 0.3 is 0 Å². The molecule has 0 heterocycles. The van der Waals surface area contributed by atoms with Gasteiger partial charge in [-0.05, 0) is 13.3 Å². The minimum absolute atomic E-state index is 0. The first-order valence-electron chi connectivity index (χ1n) is 2.92. The molecule has 0 bridgehead atoms. The van der Waals surface area contributed by atoms with Gasteiger partial charge in [0.15, 0.2) is 0 Å². The second kappa shape index (κ2) is 6.05. The lowest BCUT2D eigenvalue weighted by molar-refractivity contribution is -0.120. The van der Waals surface area contributed by atoms with Crippen molar-refractivity contribution in [2.75, 3.05) is 6.54 Å². The average molecular weight is 152 g/mol. The van der Waals surface area contributed by atoms with E-state index < -0.39 is 0 Å². The fourth-order valence-electron chi connectivity index (χ4n) is 0.620. The van der Waals surface area contributed by atoms with Crippen LogP contribution in [0.2, 0.25) is 0 Å². The van der Waals surface area contributed by atoms with Crippen LogP contribution in [0.25, 0.3) is 0 Å². The van der Waals surface area contributed by atoms with Crippen molar-refractivity contribution in [2.24, 2.45) is 11.7 Å². The summed E-state index contributed by atoms with van der Waals surface area (Å²) in [7, 11) is 0. The van der Waals surface area contributed by atoms with E-state index in [1.54, 1.807) is 6.92 Å². The molecule has 0 aliphatic heterocycles. The lowest BCUT2D eigenvalue weighted by atomic mass is 10.0. The van der Waals surface area contributed by atoms with Crippen LogP contribution in [-0.2, 0) is 4.79 Å². The minimum atomic E-state index is 0. The molecular weight excluding hydrogens is 138 g/mol. The molecule has 9 heavy (non-hydrogen) atoms. The standard InChI is InChI=1S/C6H13NO.ClH/c1-3-6(4-7)5(2)8;/h6H,3-4,7H2,1-2H3;1H. The van der Waals surface area contributed by atoms with E-state index in [4.69, 9.17) is 5.73 Å². The molecule has 2 nitrogen and oxygen atoms in total. The number of ketones is 1. The Morgan fingerprint density at radius 2 is 2.11 bits per heavy atom. The van der Waals surface area contributed by atoms with Crippen LogP contribution >= 0.6 is 12.4 Å².